The minimum absolute atomic E-state index is 0.0368. The van der Waals surface area contributed by atoms with E-state index >= 15 is 0 Å². The molecule has 0 bridgehead atoms. The maximum Gasteiger partial charge on any atom is 0.257 e. The van der Waals surface area contributed by atoms with Gasteiger partial charge in [-0.25, -0.2) is 0 Å². The van der Waals surface area contributed by atoms with Crippen LogP contribution < -0.4 is 20.1 Å². The Morgan fingerprint density at radius 1 is 1.12 bits per heavy atom. The van der Waals surface area contributed by atoms with Gasteiger partial charge in [-0.15, -0.1) is 5.10 Å². The number of carbonyl (C=O) groups is 2. The molecule has 0 aliphatic heterocycles. The van der Waals surface area contributed by atoms with Gasteiger partial charge in [0.2, 0.25) is 11.8 Å². The molecule has 0 unspecified atom stereocenters. The van der Waals surface area contributed by atoms with Gasteiger partial charge in [0.05, 0.1) is 24.6 Å². The number of ether oxygens (including phenoxy) is 2. The number of fused-ring (bicyclic) bond motifs is 1. The number of aromatic nitrogens is 2. The van der Waals surface area contributed by atoms with E-state index in [9.17, 15) is 9.59 Å². The summed E-state index contributed by atoms with van der Waals surface area (Å²) in [6.45, 7) is 2.73. The average Bonchev–Trinajstić information content (AvgIpc) is 3.46. The number of hydrogen-bond donors (Lipinski definition) is 2. The Labute approximate surface area is 199 Å². The summed E-state index contributed by atoms with van der Waals surface area (Å²) in [5.74, 6) is 1.45. The topological polar surface area (TPSA) is 94.5 Å². The molecule has 1 aliphatic carbocycles. The molecule has 2 amide bonds. The molecule has 1 fully saturated rings. The molecule has 0 saturated heterocycles. The van der Waals surface area contributed by atoms with E-state index in [1.165, 1.54) is 12.8 Å². The first-order valence-electron chi connectivity index (χ1n) is 11.9. The van der Waals surface area contributed by atoms with E-state index in [4.69, 9.17) is 9.47 Å². The van der Waals surface area contributed by atoms with Crippen LogP contribution in [-0.2, 0) is 16.1 Å². The molecule has 180 valence electrons. The van der Waals surface area contributed by atoms with Crippen LogP contribution in [0.25, 0.3) is 10.9 Å². The third-order valence-electron chi connectivity index (χ3n) is 6.18. The molecule has 1 heterocycles. The van der Waals surface area contributed by atoms with E-state index in [1.807, 2.05) is 54.1 Å². The summed E-state index contributed by atoms with van der Waals surface area (Å²) in [7, 11) is 1.64. The standard InChI is InChI=1S/C26H32N4O4/c1-3-27-25(32)17-34-26-21-13-12-20(28-24(31)14-18-8-4-5-9-18)15-22(21)30(29-26)16-19-10-6-7-11-23(19)33-2/h6-7,10-13,15,18H,3-5,8-9,14,16-17H2,1-2H3,(H,27,32)(H,28,31). The van der Waals surface area contributed by atoms with E-state index in [-0.39, 0.29) is 18.4 Å². The summed E-state index contributed by atoms with van der Waals surface area (Å²) in [4.78, 5) is 24.5. The third kappa shape index (κ3) is 5.68. The molecule has 0 atom stereocenters. The molecule has 2 aromatic carbocycles. The highest BCUT2D eigenvalue weighted by molar-refractivity contribution is 5.95. The van der Waals surface area contributed by atoms with Crippen molar-refractivity contribution in [2.45, 2.75) is 45.6 Å². The van der Waals surface area contributed by atoms with Gasteiger partial charge >= 0.3 is 0 Å². The van der Waals surface area contributed by atoms with E-state index in [2.05, 4.69) is 15.7 Å². The number of rotatable bonds is 10. The van der Waals surface area contributed by atoms with Gasteiger partial charge in [-0.2, -0.15) is 0 Å². The lowest BCUT2D eigenvalue weighted by molar-refractivity contribution is -0.123. The van der Waals surface area contributed by atoms with Crippen LogP contribution in [0, 0.1) is 5.92 Å². The lowest BCUT2D eigenvalue weighted by Crippen LogP contribution is -2.28. The maximum atomic E-state index is 12.6. The van der Waals surface area contributed by atoms with Gasteiger partial charge in [0.25, 0.3) is 5.91 Å². The number of methoxy groups -OCH3 is 1. The largest absolute Gasteiger partial charge is 0.496 e. The van der Waals surface area contributed by atoms with Gasteiger partial charge in [-0.05, 0) is 49.9 Å². The van der Waals surface area contributed by atoms with E-state index < -0.39 is 0 Å². The van der Waals surface area contributed by atoms with Crippen molar-refractivity contribution < 1.29 is 19.1 Å². The first-order chi connectivity index (χ1) is 16.6. The zero-order valence-electron chi connectivity index (χ0n) is 19.8. The number of para-hydroxylation sites is 1. The summed E-state index contributed by atoms with van der Waals surface area (Å²) in [6, 6.07) is 13.4. The quantitative estimate of drug-likeness (QED) is 0.471. The van der Waals surface area contributed by atoms with Crippen molar-refractivity contribution in [2.75, 3.05) is 25.6 Å². The van der Waals surface area contributed by atoms with Crippen LogP contribution in [0.5, 0.6) is 11.6 Å². The first kappa shape index (κ1) is 23.6. The molecule has 34 heavy (non-hydrogen) atoms. The predicted molar refractivity (Wildman–Crippen MR) is 131 cm³/mol. The molecule has 0 spiro atoms. The summed E-state index contributed by atoms with van der Waals surface area (Å²) in [5.41, 5.74) is 2.47. The van der Waals surface area contributed by atoms with Gasteiger partial charge in [0.15, 0.2) is 6.61 Å². The molecule has 2 N–H and O–H groups in total. The highest BCUT2D eigenvalue weighted by Crippen LogP contribution is 2.31. The Balaban J connectivity index is 1.61. The van der Waals surface area contributed by atoms with Crippen LogP contribution in [0.2, 0.25) is 0 Å². The number of anilines is 1. The Bertz CT molecular complexity index is 1150. The van der Waals surface area contributed by atoms with Crippen molar-refractivity contribution in [1.82, 2.24) is 15.1 Å². The molecule has 4 rings (SSSR count). The zero-order valence-corrected chi connectivity index (χ0v) is 19.8. The fourth-order valence-corrected chi connectivity index (χ4v) is 4.51. The number of nitrogens with zero attached hydrogens (tertiary/aromatic N) is 2. The second-order valence-corrected chi connectivity index (χ2v) is 8.65. The van der Waals surface area contributed by atoms with Crippen molar-refractivity contribution >= 4 is 28.4 Å². The molecular formula is C26H32N4O4. The average molecular weight is 465 g/mol. The molecule has 8 heteroatoms. The fraction of sp³-hybridized carbons (Fsp3) is 0.423. The maximum absolute atomic E-state index is 12.6. The summed E-state index contributed by atoms with van der Waals surface area (Å²) < 4.78 is 13.1. The van der Waals surface area contributed by atoms with Crippen LogP contribution >= 0.6 is 0 Å². The minimum Gasteiger partial charge on any atom is -0.496 e. The predicted octanol–water partition coefficient (Wildman–Crippen LogP) is 4.13. The van der Waals surface area contributed by atoms with Crippen molar-refractivity contribution in [1.29, 1.82) is 0 Å². The normalized spacial score (nSPS) is 13.7. The summed E-state index contributed by atoms with van der Waals surface area (Å²) >= 11 is 0. The fourth-order valence-electron chi connectivity index (χ4n) is 4.51. The van der Waals surface area contributed by atoms with Gasteiger partial charge in [-0.3, -0.25) is 14.3 Å². The SMILES string of the molecule is CCNC(=O)COc1nn(Cc2ccccc2OC)c2cc(NC(=O)CC3CCCC3)ccc12. The first-order valence-corrected chi connectivity index (χ1v) is 11.9. The highest BCUT2D eigenvalue weighted by Gasteiger charge is 2.20. The Hall–Kier alpha value is -3.55. The van der Waals surface area contributed by atoms with Crippen LogP contribution in [0.15, 0.2) is 42.5 Å². The Morgan fingerprint density at radius 2 is 1.91 bits per heavy atom. The Morgan fingerprint density at radius 3 is 2.68 bits per heavy atom. The number of benzene rings is 2. The van der Waals surface area contributed by atoms with Gasteiger partial charge in [0.1, 0.15) is 5.75 Å². The number of nitrogens with one attached hydrogen (secondary N) is 2. The molecule has 0 radical (unpaired) electrons. The minimum atomic E-state index is -0.203. The van der Waals surface area contributed by atoms with Crippen LogP contribution in [0.3, 0.4) is 0 Å². The second-order valence-electron chi connectivity index (χ2n) is 8.65. The monoisotopic (exact) mass is 464 g/mol. The van der Waals surface area contributed by atoms with E-state index in [1.54, 1.807) is 7.11 Å². The van der Waals surface area contributed by atoms with E-state index in [0.717, 1.165) is 35.1 Å². The van der Waals surface area contributed by atoms with Crippen LogP contribution in [0.4, 0.5) is 5.69 Å². The van der Waals surface area contributed by atoms with Gasteiger partial charge in [0, 0.05) is 24.2 Å². The number of likely N-dealkylation sites (N-methyl/N-ethyl adjacent to an activating group) is 1. The van der Waals surface area contributed by atoms with Crippen molar-refractivity contribution in [3.63, 3.8) is 0 Å². The van der Waals surface area contributed by atoms with Crippen molar-refractivity contribution in [3.8, 4) is 11.6 Å². The number of hydrogen-bond acceptors (Lipinski definition) is 5. The summed E-state index contributed by atoms with van der Waals surface area (Å²) in [5, 5.41) is 11.2. The molecular weight excluding hydrogens is 432 g/mol. The molecule has 8 nitrogen and oxygen atoms in total. The van der Waals surface area contributed by atoms with Crippen molar-refractivity contribution in [3.05, 3.63) is 48.0 Å². The van der Waals surface area contributed by atoms with Crippen LogP contribution in [-0.4, -0.2) is 41.9 Å². The summed E-state index contributed by atoms with van der Waals surface area (Å²) in [6.07, 6.45) is 5.24. The number of amides is 2. The van der Waals surface area contributed by atoms with Gasteiger partial charge < -0.3 is 20.1 Å². The lowest BCUT2D eigenvalue weighted by atomic mass is 10.0. The second kappa shape index (κ2) is 11.0. The Kier molecular flexibility index (Phi) is 7.67. The highest BCUT2D eigenvalue weighted by atomic mass is 16.5. The van der Waals surface area contributed by atoms with E-state index in [0.29, 0.717) is 37.0 Å². The smallest absolute Gasteiger partial charge is 0.257 e. The van der Waals surface area contributed by atoms with Crippen molar-refractivity contribution in [2.24, 2.45) is 5.92 Å². The molecule has 3 aromatic rings. The lowest BCUT2D eigenvalue weighted by Gasteiger charge is -2.11. The number of carbonyl (C=O) groups excluding carboxylic acids is 2. The zero-order chi connectivity index (χ0) is 23.9. The van der Waals surface area contributed by atoms with Gasteiger partial charge in [-0.1, -0.05) is 31.0 Å². The molecule has 1 aromatic heterocycles. The third-order valence-corrected chi connectivity index (χ3v) is 6.18. The van der Waals surface area contributed by atoms with Crippen LogP contribution in [0.1, 0.15) is 44.6 Å². The molecule has 1 aliphatic rings. The molecule has 1 saturated carbocycles.